The molecule has 0 aromatic heterocycles. The molecule has 1 aliphatic rings. The highest BCUT2D eigenvalue weighted by Gasteiger charge is 2.08. The molecule has 108 valence electrons. The predicted octanol–water partition coefficient (Wildman–Crippen LogP) is 1.25. The van der Waals surface area contributed by atoms with Gasteiger partial charge >= 0.3 is 0 Å². The molecule has 0 amide bonds. The maximum atomic E-state index is 5.00. The third kappa shape index (κ3) is 21.9. The second-order valence-corrected chi connectivity index (χ2v) is 4.08. The van der Waals surface area contributed by atoms with Gasteiger partial charge < -0.3 is 16.2 Å². The zero-order valence-electron chi connectivity index (χ0n) is 12.4. The average Bonchev–Trinajstić information content (AvgIpc) is 2.43. The summed E-state index contributed by atoms with van der Waals surface area (Å²) in [6.45, 7) is 11.1. The molecule has 0 radical (unpaired) electrons. The van der Waals surface area contributed by atoms with Gasteiger partial charge in [-0.1, -0.05) is 20.8 Å². The molecule has 1 fully saturated rings. The van der Waals surface area contributed by atoms with E-state index in [0.717, 1.165) is 19.7 Å². The van der Waals surface area contributed by atoms with Crippen molar-refractivity contribution in [3.63, 3.8) is 0 Å². The number of rotatable bonds is 3. The molecule has 0 saturated carbocycles. The Bertz CT molecular complexity index is 102. The summed E-state index contributed by atoms with van der Waals surface area (Å²) in [5.74, 6) is 2.59. The third-order valence-corrected chi connectivity index (χ3v) is 2.66. The van der Waals surface area contributed by atoms with E-state index in [2.05, 4.69) is 10.6 Å². The van der Waals surface area contributed by atoms with Gasteiger partial charge in [-0.05, 0) is 13.6 Å². The van der Waals surface area contributed by atoms with Crippen LogP contribution in [-0.4, -0.2) is 63.3 Å². The molecular formula is C12H33N3OS. The molecule has 4 N–H and O–H groups in total. The molecule has 0 aromatic carbocycles. The lowest BCUT2D eigenvalue weighted by molar-refractivity contribution is 0.154. The molecule has 0 spiro atoms. The first-order valence-corrected chi connectivity index (χ1v) is 7.57. The number of nitrogens with two attached hydrogens (primary N) is 2. The number of hydrogen-bond acceptors (Lipinski definition) is 5. The number of hydrogen-bond donors (Lipinski definition) is 2. The lowest BCUT2D eigenvalue weighted by atomic mass is 10.5. The molecule has 5 heteroatoms. The van der Waals surface area contributed by atoms with Crippen molar-refractivity contribution in [3.8, 4) is 0 Å². The Hall–Kier alpha value is 0.190. The van der Waals surface area contributed by atoms with Gasteiger partial charge in [0.25, 0.3) is 0 Å². The van der Waals surface area contributed by atoms with Crippen LogP contribution in [0.2, 0.25) is 0 Å². The molecule has 4 nitrogen and oxygen atoms in total. The fourth-order valence-corrected chi connectivity index (χ4v) is 2.02. The summed E-state index contributed by atoms with van der Waals surface area (Å²) in [6.07, 6.45) is 0. The van der Waals surface area contributed by atoms with Crippen molar-refractivity contribution >= 4 is 11.8 Å². The number of thioether (sulfide) groups is 1. The summed E-state index contributed by atoms with van der Waals surface area (Å²) in [5.41, 5.74) is 9.35. The molecule has 17 heavy (non-hydrogen) atoms. The van der Waals surface area contributed by atoms with E-state index in [1.54, 1.807) is 7.11 Å². The topological polar surface area (TPSA) is 64.5 Å². The van der Waals surface area contributed by atoms with Crippen LogP contribution >= 0.6 is 11.8 Å². The maximum Gasteiger partial charge on any atom is 0.0589 e. The Morgan fingerprint density at radius 3 is 1.94 bits per heavy atom. The first-order valence-electron chi connectivity index (χ1n) is 6.42. The first-order chi connectivity index (χ1) is 8.35. The summed E-state index contributed by atoms with van der Waals surface area (Å²) in [6, 6.07) is 0. The van der Waals surface area contributed by atoms with Gasteiger partial charge in [0.05, 0.1) is 6.61 Å². The highest BCUT2D eigenvalue weighted by atomic mass is 32.2. The van der Waals surface area contributed by atoms with Gasteiger partial charge in [-0.25, -0.2) is 0 Å². The minimum atomic E-state index is 0.750. The van der Waals surface area contributed by atoms with Crippen LogP contribution in [0.15, 0.2) is 0 Å². The Balaban J connectivity index is -0.000000239. The molecule has 0 aromatic rings. The summed E-state index contributed by atoms with van der Waals surface area (Å²) < 4.78 is 5.00. The van der Waals surface area contributed by atoms with Crippen LogP contribution in [0.4, 0.5) is 0 Å². The summed E-state index contributed by atoms with van der Waals surface area (Å²) in [7, 11) is 3.26. The molecule has 0 unspecified atom stereocenters. The molecule has 1 heterocycles. The van der Waals surface area contributed by atoms with Crippen LogP contribution in [0.3, 0.4) is 0 Å². The monoisotopic (exact) mass is 267 g/mol. The van der Waals surface area contributed by atoms with Crippen LogP contribution in [0.5, 0.6) is 0 Å². The maximum absolute atomic E-state index is 5.00. The van der Waals surface area contributed by atoms with E-state index < -0.39 is 0 Å². The van der Waals surface area contributed by atoms with Gasteiger partial charge in [0.15, 0.2) is 0 Å². The van der Waals surface area contributed by atoms with E-state index in [-0.39, 0.29) is 0 Å². The van der Waals surface area contributed by atoms with Crippen molar-refractivity contribution in [1.29, 1.82) is 0 Å². The van der Waals surface area contributed by atoms with Crippen molar-refractivity contribution in [2.45, 2.75) is 20.8 Å². The van der Waals surface area contributed by atoms with Gasteiger partial charge in [-0.15, -0.1) is 0 Å². The van der Waals surface area contributed by atoms with Crippen molar-refractivity contribution in [3.05, 3.63) is 0 Å². The van der Waals surface area contributed by atoms with Crippen LogP contribution < -0.4 is 11.5 Å². The van der Waals surface area contributed by atoms with E-state index >= 15 is 0 Å². The van der Waals surface area contributed by atoms with Gasteiger partial charge in [0, 0.05) is 38.2 Å². The second-order valence-electron chi connectivity index (χ2n) is 2.86. The Morgan fingerprint density at radius 2 is 1.59 bits per heavy atom. The minimum absolute atomic E-state index is 0.750. The smallest absolute Gasteiger partial charge is 0.0589 e. The fraction of sp³-hybridized carbons (Fsp3) is 1.00. The molecular weight excluding hydrogens is 234 g/mol. The molecule has 1 rings (SSSR count). The highest BCUT2D eigenvalue weighted by Crippen LogP contribution is 2.07. The SMILES string of the molecule is CC.CCN.CN.COCCN1CCSCC1. The quantitative estimate of drug-likeness (QED) is 0.806. The van der Waals surface area contributed by atoms with E-state index in [1.165, 1.54) is 31.6 Å². The van der Waals surface area contributed by atoms with Gasteiger partial charge in [0.2, 0.25) is 0 Å². The van der Waals surface area contributed by atoms with Crippen LogP contribution in [0.1, 0.15) is 20.8 Å². The van der Waals surface area contributed by atoms with Gasteiger partial charge in [0.1, 0.15) is 0 Å². The Kier molecular flexibility index (Phi) is 33.1. The van der Waals surface area contributed by atoms with Crippen LogP contribution in [-0.2, 0) is 4.74 Å². The average molecular weight is 267 g/mol. The standard InChI is InChI=1S/C7H15NOS.C2H7N.C2H6.CH5N/c1-9-5-2-8-3-6-10-7-4-8;1-2-3;2*1-2/h2-7H2,1H3;2-3H2,1H3;1-2H3;2H2,1H3. The molecule has 1 aliphatic heterocycles. The van der Waals surface area contributed by atoms with Crippen molar-refractivity contribution in [2.75, 3.05) is 58.4 Å². The largest absolute Gasteiger partial charge is 0.383 e. The third-order valence-electron chi connectivity index (χ3n) is 1.72. The summed E-state index contributed by atoms with van der Waals surface area (Å²) in [4.78, 5) is 2.46. The zero-order chi connectivity index (χ0) is 13.9. The zero-order valence-corrected chi connectivity index (χ0v) is 13.2. The molecule has 0 aliphatic carbocycles. The van der Waals surface area contributed by atoms with Crippen molar-refractivity contribution < 1.29 is 4.74 Å². The van der Waals surface area contributed by atoms with Crippen molar-refractivity contribution in [2.24, 2.45) is 11.5 Å². The molecule has 0 atom stereocenters. The molecule has 1 saturated heterocycles. The Morgan fingerprint density at radius 1 is 1.18 bits per heavy atom. The van der Waals surface area contributed by atoms with Crippen LogP contribution in [0.25, 0.3) is 0 Å². The van der Waals surface area contributed by atoms with Gasteiger partial charge in [-0.2, -0.15) is 11.8 Å². The van der Waals surface area contributed by atoms with E-state index in [1.807, 2.05) is 32.5 Å². The van der Waals surface area contributed by atoms with E-state index in [0.29, 0.717) is 0 Å². The van der Waals surface area contributed by atoms with Gasteiger partial charge in [-0.3, -0.25) is 4.90 Å². The molecule has 0 bridgehead atoms. The first kappa shape index (κ1) is 22.4. The lowest BCUT2D eigenvalue weighted by Gasteiger charge is -2.25. The number of methoxy groups -OCH3 is 1. The highest BCUT2D eigenvalue weighted by molar-refractivity contribution is 7.99. The lowest BCUT2D eigenvalue weighted by Crippen LogP contribution is -2.34. The number of nitrogens with zero attached hydrogens (tertiary/aromatic N) is 1. The summed E-state index contributed by atoms with van der Waals surface area (Å²) in [5, 5.41) is 0. The van der Waals surface area contributed by atoms with Crippen molar-refractivity contribution in [1.82, 2.24) is 4.90 Å². The predicted molar refractivity (Wildman–Crippen MR) is 81.8 cm³/mol. The normalized spacial score (nSPS) is 14.3. The summed E-state index contributed by atoms with van der Waals surface area (Å²) >= 11 is 2.05. The fourth-order valence-electron chi connectivity index (χ4n) is 1.05. The Labute approximate surface area is 112 Å². The minimum Gasteiger partial charge on any atom is -0.383 e. The second kappa shape index (κ2) is 25.1. The van der Waals surface area contributed by atoms with E-state index in [9.17, 15) is 0 Å². The van der Waals surface area contributed by atoms with Crippen LogP contribution in [0, 0.1) is 0 Å². The van der Waals surface area contributed by atoms with E-state index in [4.69, 9.17) is 10.5 Å². The number of ether oxygens (including phenoxy) is 1.